The molecule has 0 aliphatic heterocycles. The fourth-order valence-corrected chi connectivity index (χ4v) is 2.89. The zero-order valence-electron chi connectivity index (χ0n) is 8.58. The van der Waals surface area contributed by atoms with E-state index in [1.165, 1.54) is 0 Å². The van der Waals surface area contributed by atoms with Gasteiger partial charge in [-0.25, -0.2) is 0 Å². The number of hydrogen-bond acceptors (Lipinski definition) is 0. The second-order valence-corrected chi connectivity index (χ2v) is 5.14. The Balaban J connectivity index is 2.78. The smallest absolute Gasteiger partial charge is 0.275 e. The van der Waals surface area contributed by atoms with Crippen LogP contribution in [0.2, 0.25) is 6.04 Å². The summed E-state index contributed by atoms with van der Waals surface area (Å²) in [4.78, 5) is 0. The molecule has 3 heteroatoms. The SMILES string of the molecule is CC(C)C(C[SiH](F)F)c1ccccc1. The Morgan fingerprint density at radius 1 is 1.14 bits per heavy atom. The molecule has 1 aromatic carbocycles. The van der Waals surface area contributed by atoms with Crippen molar-refractivity contribution in [3.8, 4) is 0 Å². The Morgan fingerprint density at radius 3 is 2.14 bits per heavy atom. The highest BCUT2D eigenvalue weighted by Gasteiger charge is 2.21. The molecule has 0 fully saturated rings. The largest absolute Gasteiger partial charge is 0.412 e. The molecular weight excluding hydrogens is 198 g/mol. The maximum atomic E-state index is 12.5. The van der Waals surface area contributed by atoms with E-state index < -0.39 is 9.46 Å². The van der Waals surface area contributed by atoms with Gasteiger partial charge in [-0.15, -0.1) is 0 Å². The molecule has 0 aliphatic carbocycles. The lowest BCUT2D eigenvalue weighted by Gasteiger charge is -2.20. The molecule has 0 N–H and O–H groups in total. The van der Waals surface area contributed by atoms with E-state index in [0.29, 0.717) is 5.92 Å². The van der Waals surface area contributed by atoms with Gasteiger partial charge >= 0.3 is 9.46 Å². The van der Waals surface area contributed by atoms with Crippen molar-refractivity contribution in [3.05, 3.63) is 35.9 Å². The highest BCUT2D eigenvalue weighted by atomic mass is 28.4. The quantitative estimate of drug-likeness (QED) is 0.531. The zero-order valence-corrected chi connectivity index (χ0v) is 9.74. The van der Waals surface area contributed by atoms with E-state index in [4.69, 9.17) is 0 Å². The molecule has 0 saturated heterocycles. The van der Waals surface area contributed by atoms with E-state index in [2.05, 4.69) is 0 Å². The van der Waals surface area contributed by atoms with Crippen molar-refractivity contribution in [2.24, 2.45) is 5.92 Å². The minimum absolute atomic E-state index is 0.0304. The molecule has 0 saturated carbocycles. The Bertz CT molecular complexity index is 259. The Kier molecular flexibility index (Phi) is 4.26. The van der Waals surface area contributed by atoms with Crippen molar-refractivity contribution in [1.82, 2.24) is 0 Å². The Labute approximate surface area is 85.9 Å². The molecule has 0 heterocycles. The van der Waals surface area contributed by atoms with Crippen molar-refractivity contribution in [2.45, 2.75) is 25.8 Å². The molecule has 78 valence electrons. The molecule has 0 bridgehead atoms. The van der Waals surface area contributed by atoms with Crippen LogP contribution >= 0.6 is 0 Å². The molecule has 0 nitrogen and oxygen atoms in total. The molecule has 1 rings (SSSR count). The minimum atomic E-state index is -3.45. The normalized spacial score (nSPS) is 13.6. The van der Waals surface area contributed by atoms with Gasteiger partial charge in [0.2, 0.25) is 0 Å². The predicted molar refractivity (Wildman–Crippen MR) is 58.2 cm³/mol. The topological polar surface area (TPSA) is 0 Å². The third kappa shape index (κ3) is 3.22. The van der Waals surface area contributed by atoms with Crippen molar-refractivity contribution < 1.29 is 8.22 Å². The van der Waals surface area contributed by atoms with Crippen molar-refractivity contribution in [1.29, 1.82) is 0 Å². The first kappa shape index (κ1) is 11.4. The summed E-state index contributed by atoms with van der Waals surface area (Å²) in [5, 5.41) is 0. The van der Waals surface area contributed by atoms with E-state index in [9.17, 15) is 8.22 Å². The van der Waals surface area contributed by atoms with Crippen LogP contribution in [0.15, 0.2) is 30.3 Å². The van der Waals surface area contributed by atoms with Gasteiger partial charge in [0, 0.05) is 6.04 Å². The number of hydrogen-bond donors (Lipinski definition) is 0. The maximum absolute atomic E-state index is 12.5. The highest BCUT2D eigenvalue weighted by molar-refractivity contribution is 6.42. The van der Waals surface area contributed by atoms with Crippen LogP contribution in [0.25, 0.3) is 0 Å². The summed E-state index contributed by atoms with van der Waals surface area (Å²) in [5.41, 5.74) is 1.05. The summed E-state index contributed by atoms with van der Waals surface area (Å²) in [6.45, 7) is 4.02. The van der Waals surface area contributed by atoms with Crippen LogP contribution in [0.3, 0.4) is 0 Å². The monoisotopic (exact) mass is 214 g/mol. The summed E-state index contributed by atoms with van der Waals surface area (Å²) in [6, 6.07) is 9.74. The molecule has 0 aromatic heterocycles. The van der Waals surface area contributed by atoms with Crippen LogP contribution in [0.1, 0.15) is 25.3 Å². The first-order chi connectivity index (χ1) is 6.61. The van der Waals surface area contributed by atoms with Crippen LogP contribution in [-0.4, -0.2) is 9.46 Å². The average Bonchev–Trinajstić information content (AvgIpc) is 2.15. The molecule has 1 aromatic rings. The number of benzene rings is 1. The second-order valence-electron chi connectivity index (χ2n) is 3.89. The lowest BCUT2D eigenvalue weighted by Crippen LogP contribution is -2.12. The van der Waals surface area contributed by atoms with Crippen LogP contribution in [0.5, 0.6) is 0 Å². The Hall–Kier alpha value is -0.703. The standard InChI is InChI=1S/C11H16F2Si/c1-9(2)11(8-14(12)13)10-6-4-3-5-7-10/h3-7,9,11,14H,8H2,1-2H3. The number of halogens is 2. The summed E-state index contributed by atoms with van der Waals surface area (Å²) >= 11 is 0. The van der Waals surface area contributed by atoms with E-state index >= 15 is 0 Å². The van der Waals surface area contributed by atoms with E-state index in [1.54, 1.807) is 0 Å². The van der Waals surface area contributed by atoms with E-state index in [-0.39, 0.29) is 12.0 Å². The zero-order chi connectivity index (χ0) is 10.6. The van der Waals surface area contributed by atoms with Crippen LogP contribution in [-0.2, 0) is 0 Å². The number of rotatable bonds is 4. The van der Waals surface area contributed by atoms with Crippen LogP contribution in [0.4, 0.5) is 8.22 Å². The molecule has 1 atom stereocenters. The third-order valence-electron chi connectivity index (χ3n) is 2.46. The van der Waals surface area contributed by atoms with Gasteiger partial charge in [0.25, 0.3) is 0 Å². The van der Waals surface area contributed by atoms with E-state index in [1.807, 2.05) is 44.2 Å². The summed E-state index contributed by atoms with van der Waals surface area (Å²) in [6.07, 6.45) is 0. The summed E-state index contributed by atoms with van der Waals surface area (Å²) in [5.74, 6) is 0.321. The summed E-state index contributed by atoms with van der Waals surface area (Å²) in [7, 11) is -3.45. The summed E-state index contributed by atoms with van der Waals surface area (Å²) < 4.78 is 24.9. The lowest BCUT2D eigenvalue weighted by molar-refractivity contribution is 0.505. The van der Waals surface area contributed by atoms with Gasteiger partial charge in [-0.3, -0.25) is 8.22 Å². The highest BCUT2D eigenvalue weighted by Crippen LogP contribution is 2.29. The first-order valence-corrected chi connectivity index (χ1v) is 6.63. The van der Waals surface area contributed by atoms with Gasteiger partial charge < -0.3 is 0 Å². The average molecular weight is 214 g/mol. The van der Waals surface area contributed by atoms with Crippen molar-refractivity contribution >= 4 is 9.46 Å². The molecule has 14 heavy (non-hydrogen) atoms. The van der Waals surface area contributed by atoms with Gasteiger partial charge in [0.1, 0.15) is 0 Å². The van der Waals surface area contributed by atoms with Gasteiger partial charge in [-0.1, -0.05) is 44.2 Å². The van der Waals surface area contributed by atoms with E-state index in [0.717, 1.165) is 5.56 Å². The second kappa shape index (κ2) is 5.25. The minimum Gasteiger partial charge on any atom is -0.275 e. The fraction of sp³-hybridized carbons (Fsp3) is 0.455. The van der Waals surface area contributed by atoms with Crippen molar-refractivity contribution in [3.63, 3.8) is 0 Å². The van der Waals surface area contributed by atoms with Crippen LogP contribution < -0.4 is 0 Å². The molecule has 0 aliphatic rings. The fourth-order valence-electron chi connectivity index (χ4n) is 1.69. The lowest BCUT2D eigenvalue weighted by atomic mass is 9.90. The molecule has 1 unspecified atom stereocenters. The van der Waals surface area contributed by atoms with Crippen molar-refractivity contribution in [2.75, 3.05) is 0 Å². The van der Waals surface area contributed by atoms with Crippen LogP contribution in [0, 0.1) is 5.92 Å². The van der Waals surface area contributed by atoms with Gasteiger partial charge in [0.05, 0.1) is 0 Å². The molecule has 0 radical (unpaired) electrons. The molecule has 0 spiro atoms. The Morgan fingerprint density at radius 2 is 1.71 bits per heavy atom. The third-order valence-corrected chi connectivity index (χ3v) is 3.33. The van der Waals surface area contributed by atoms with Gasteiger partial charge in [0.15, 0.2) is 0 Å². The predicted octanol–water partition coefficient (Wildman–Crippen LogP) is 3.59. The maximum Gasteiger partial charge on any atom is 0.412 e. The molecule has 0 amide bonds. The van der Waals surface area contributed by atoms with Gasteiger partial charge in [-0.05, 0) is 17.4 Å². The molecular formula is C11H16F2Si. The first-order valence-electron chi connectivity index (χ1n) is 4.94. The van der Waals surface area contributed by atoms with Gasteiger partial charge in [-0.2, -0.15) is 0 Å².